The van der Waals surface area contributed by atoms with Gasteiger partial charge in [0.05, 0.1) is 23.0 Å². The Hall–Kier alpha value is -0.270. The van der Waals surface area contributed by atoms with Crippen LogP contribution in [-0.2, 0) is 19.5 Å². The van der Waals surface area contributed by atoms with Gasteiger partial charge >= 0.3 is 6.18 Å². The van der Waals surface area contributed by atoms with Crippen molar-refractivity contribution in [2.75, 3.05) is 18.4 Å². The van der Waals surface area contributed by atoms with Crippen LogP contribution < -0.4 is 0 Å². The first-order chi connectivity index (χ1) is 9.32. The predicted molar refractivity (Wildman–Crippen MR) is 77.4 cm³/mol. The van der Waals surface area contributed by atoms with Gasteiger partial charge in [-0.2, -0.15) is 18.3 Å². The van der Waals surface area contributed by atoms with E-state index in [2.05, 4.69) is 21.0 Å². The fourth-order valence-electron chi connectivity index (χ4n) is 1.97. The van der Waals surface area contributed by atoms with Crippen LogP contribution in [0.3, 0.4) is 0 Å². The molecule has 0 spiro atoms. The number of aromatic nitrogens is 2. The summed E-state index contributed by atoms with van der Waals surface area (Å²) in [6.07, 6.45) is -3.56. The van der Waals surface area contributed by atoms with Crippen molar-refractivity contribution in [3.8, 4) is 0 Å². The van der Waals surface area contributed by atoms with Gasteiger partial charge in [-0.1, -0.05) is 34.5 Å². The van der Waals surface area contributed by atoms with Crippen LogP contribution in [0.2, 0.25) is 5.02 Å². The van der Waals surface area contributed by atoms with E-state index in [4.69, 9.17) is 11.6 Å². The molecule has 8 heteroatoms. The second kappa shape index (κ2) is 7.66. The summed E-state index contributed by atoms with van der Waals surface area (Å²) in [5.74, 6) is 0. The van der Waals surface area contributed by atoms with Crippen molar-refractivity contribution in [3.63, 3.8) is 0 Å². The maximum Gasteiger partial charge on any atom is 0.401 e. The Morgan fingerprint density at radius 1 is 1.35 bits per heavy atom. The third-order valence-corrected chi connectivity index (χ3v) is 3.66. The van der Waals surface area contributed by atoms with Gasteiger partial charge in [-0.15, -0.1) is 0 Å². The molecule has 0 saturated carbocycles. The minimum atomic E-state index is -4.22. The van der Waals surface area contributed by atoms with Crippen LogP contribution in [0.25, 0.3) is 0 Å². The van der Waals surface area contributed by atoms with Gasteiger partial charge in [-0.3, -0.25) is 9.58 Å². The van der Waals surface area contributed by atoms with Crippen LogP contribution in [0.4, 0.5) is 13.2 Å². The average molecular weight is 377 g/mol. The fourth-order valence-corrected chi connectivity index (χ4v) is 2.80. The van der Waals surface area contributed by atoms with Crippen molar-refractivity contribution in [2.45, 2.75) is 39.5 Å². The first-order valence-electron chi connectivity index (χ1n) is 6.41. The summed E-state index contributed by atoms with van der Waals surface area (Å²) in [6, 6.07) is 0. The molecule has 0 fully saturated rings. The van der Waals surface area contributed by atoms with Gasteiger partial charge in [0.15, 0.2) is 0 Å². The minimum Gasteiger partial charge on any atom is -0.288 e. The second-order valence-corrected chi connectivity index (χ2v) is 5.56. The zero-order chi connectivity index (χ0) is 15.3. The summed E-state index contributed by atoms with van der Waals surface area (Å²) in [7, 11) is 0. The molecule has 0 aromatic carbocycles. The van der Waals surface area contributed by atoms with Crippen molar-refractivity contribution in [2.24, 2.45) is 0 Å². The molecule has 0 N–H and O–H groups in total. The van der Waals surface area contributed by atoms with Gasteiger partial charge in [0, 0.05) is 25.0 Å². The van der Waals surface area contributed by atoms with Gasteiger partial charge in [0.2, 0.25) is 0 Å². The third-order valence-electron chi connectivity index (χ3n) is 2.87. The van der Waals surface area contributed by atoms with Crippen molar-refractivity contribution >= 4 is 27.5 Å². The molecule has 0 aliphatic carbocycles. The first kappa shape index (κ1) is 17.8. The summed E-state index contributed by atoms with van der Waals surface area (Å²) in [4.78, 5) is 1.32. The molecule has 1 heterocycles. The topological polar surface area (TPSA) is 21.1 Å². The maximum atomic E-state index is 12.6. The lowest BCUT2D eigenvalue weighted by molar-refractivity contribution is -0.146. The van der Waals surface area contributed by atoms with E-state index < -0.39 is 12.7 Å². The van der Waals surface area contributed by atoms with Gasteiger partial charge < -0.3 is 0 Å². The summed E-state index contributed by atoms with van der Waals surface area (Å²) in [6.45, 7) is 3.89. The molecule has 0 atom stereocenters. The third kappa shape index (κ3) is 4.93. The van der Waals surface area contributed by atoms with Gasteiger partial charge in [-0.25, -0.2) is 0 Å². The number of aryl methyl sites for hydroxylation is 2. The van der Waals surface area contributed by atoms with E-state index in [1.165, 1.54) is 4.90 Å². The van der Waals surface area contributed by atoms with E-state index in [1.54, 1.807) is 4.68 Å². The number of hydrogen-bond donors (Lipinski definition) is 0. The Bertz CT molecular complexity index is 434. The van der Waals surface area contributed by atoms with Crippen LogP contribution in [0.5, 0.6) is 0 Å². The lowest BCUT2D eigenvalue weighted by Crippen LogP contribution is -2.35. The standard InChI is InChI=1S/C12H18BrClF3N3/c1-3-9-11(14)10(20(4-2)18-9)7-19(6-5-13)8-12(15,16)17/h3-8H2,1-2H3. The maximum absolute atomic E-state index is 12.6. The van der Waals surface area contributed by atoms with E-state index in [-0.39, 0.29) is 6.54 Å². The average Bonchev–Trinajstić information content (AvgIpc) is 2.64. The summed E-state index contributed by atoms with van der Waals surface area (Å²) >= 11 is 9.40. The fraction of sp³-hybridized carbons (Fsp3) is 0.750. The predicted octanol–water partition coefficient (Wildman–Crippen LogP) is 3.88. The van der Waals surface area contributed by atoms with E-state index in [9.17, 15) is 13.2 Å². The van der Waals surface area contributed by atoms with E-state index in [1.807, 2.05) is 13.8 Å². The quantitative estimate of drug-likeness (QED) is 0.674. The number of rotatable bonds is 7. The Morgan fingerprint density at radius 2 is 2.00 bits per heavy atom. The number of nitrogens with zero attached hydrogens (tertiary/aromatic N) is 3. The molecule has 0 aliphatic heterocycles. The highest BCUT2D eigenvalue weighted by molar-refractivity contribution is 9.09. The molecule has 0 saturated heterocycles. The molecule has 20 heavy (non-hydrogen) atoms. The molecule has 0 aliphatic rings. The zero-order valence-electron chi connectivity index (χ0n) is 11.5. The highest BCUT2D eigenvalue weighted by Crippen LogP contribution is 2.25. The van der Waals surface area contributed by atoms with E-state index >= 15 is 0 Å². The van der Waals surface area contributed by atoms with Crippen LogP contribution in [0.15, 0.2) is 0 Å². The van der Waals surface area contributed by atoms with Gasteiger partial charge in [0.1, 0.15) is 0 Å². The normalized spacial score (nSPS) is 12.4. The summed E-state index contributed by atoms with van der Waals surface area (Å²) in [5.41, 5.74) is 1.38. The second-order valence-electron chi connectivity index (χ2n) is 4.39. The number of hydrogen-bond acceptors (Lipinski definition) is 2. The molecule has 0 radical (unpaired) electrons. The Morgan fingerprint density at radius 3 is 2.45 bits per heavy atom. The SMILES string of the molecule is CCc1nn(CC)c(CN(CCBr)CC(F)(F)F)c1Cl. The molecular formula is C12H18BrClF3N3. The Labute approximate surface area is 130 Å². The Kier molecular flexibility index (Phi) is 6.81. The molecule has 1 aromatic rings. The molecule has 0 amide bonds. The van der Waals surface area contributed by atoms with Crippen molar-refractivity contribution in [1.29, 1.82) is 0 Å². The van der Waals surface area contributed by atoms with Crippen LogP contribution in [-0.4, -0.2) is 39.3 Å². The van der Waals surface area contributed by atoms with Crippen LogP contribution in [0.1, 0.15) is 25.2 Å². The lowest BCUT2D eigenvalue weighted by Gasteiger charge is -2.23. The van der Waals surface area contributed by atoms with Crippen LogP contribution >= 0.6 is 27.5 Å². The van der Waals surface area contributed by atoms with Crippen molar-refractivity contribution in [3.05, 3.63) is 16.4 Å². The van der Waals surface area contributed by atoms with E-state index in [0.29, 0.717) is 35.6 Å². The van der Waals surface area contributed by atoms with Gasteiger partial charge in [0.25, 0.3) is 0 Å². The summed E-state index contributed by atoms with van der Waals surface area (Å²) in [5, 5.41) is 5.28. The molecule has 0 bridgehead atoms. The highest BCUT2D eigenvalue weighted by Gasteiger charge is 2.31. The molecular weight excluding hydrogens is 359 g/mol. The summed E-state index contributed by atoms with van der Waals surface area (Å²) < 4.78 is 39.4. The molecule has 3 nitrogen and oxygen atoms in total. The first-order valence-corrected chi connectivity index (χ1v) is 7.91. The largest absolute Gasteiger partial charge is 0.401 e. The van der Waals surface area contributed by atoms with Crippen molar-refractivity contribution < 1.29 is 13.2 Å². The van der Waals surface area contributed by atoms with Crippen molar-refractivity contribution in [1.82, 2.24) is 14.7 Å². The van der Waals surface area contributed by atoms with Crippen LogP contribution in [0, 0.1) is 0 Å². The Balaban J connectivity index is 2.95. The smallest absolute Gasteiger partial charge is 0.288 e. The van der Waals surface area contributed by atoms with Gasteiger partial charge in [-0.05, 0) is 13.3 Å². The monoisotopic (exact) mass is 375 g/mol. The molecule has 0 unspecified atom stereocenters. The van der Waals surface area contributed by atoms with E-state index in [0.717, 1.165) is 5.69 Å². The molecule has 116 valence electrons. The molecule has 1 aromatic heterocycles. The highest BCUT2D eigenvalue weighted by atomic mass is 79.9. The number of halogens is 5. The molecule has 1 rings (SSSR count). The number of alkyl halides is 4. The minimum absolute atomic E-state index is 0.144. The lowest BCUT2D eigenvalue weighted by atomic mass is 10.3. The zero-order valence-corrected chi connectivity index (χ0v) is 13.8.